The second-order valence-electron chi connectivity index (χ2n) is 3.81. The van der Waals surface area contributed by atoms with Gasteiger partial charge in [0, 0.05) is 13.1 Å². The summed E-state index contributed by atoms with van der Waals surface area (Å²) in [6.45, 7) is 0.721. The van der Waals surface area contributed by atoms with Crippen LogP contribution >= 0.6 is 15.9 Å². The quantitative estimate of drug-likeness (QED) is 0.783. The minimum atomic E-state index is -3.91. The Kier molecular flexibility index (Phi) is 3.51. The molecule has 1 heterocycles. The fourth-order valence-corrected chi connectivity index (χ4v) is 3.66. The first kappa shape index (κ1) is 12.9. The molecule has 0 spiro atoms. The molecule has 0 radical (unpaired) electrons. The van der Waals surface area contributed by atoms with Crippen LogP contribution in [0.25, 0.3) is 0 Å². The Balaban J connectivity index is 2.49. The first-order valence-corrected chi connectivity index (χ1v) is 7.31. The zero-order valence-electron chi connectivity index (χ0n) is 8.79. The van der Waals surface area contributed by atoms with E-state index >= 15 is 0 Å². The Bertz CT molecular complexity index is 541. The zero-order chi connectivity index (χ0) is 12.6. The second-order valence-corrected chi connectivity index (χ2v) is 6.57. The van der Waals surface area contributed by atoms with E-state index in [1.165, 1.54) is 4.31 Å². The average molecular weight is 326 g/mol. The van der Waals surface area contributed by atoms with Crippen molar-refractivity contribution in [3.8, 4) is 0 Å². The van der Waals surface area contributed by atoms with E-state index in [4.69, 9.17) is 0 Å². The fraction of sp³-hybridized carbons (Fsp3) is 0.400. The number of nitrogens with zero attached hydrogens (tertiary/aromatic N) is 1. The van der Waals surface area contributed by atoms with E-state index in [9.17, 15) is 17.2 Å². The standard InChI is InChI=1S/C10H10BrF2NO2S/c11-7-5-9(13)10(6-8(7)12)17(15,16)14-3-1-2-4-14/h5-6H,1-4H2. The molecule has 1 aromatic carbocycles. The van der Waals surface area contributed by atoms with Crippen molar-refractivity contribution in [1.29, 1.82) is 0 Å². The molecule has 0 bridgehead atoms. The van der Waals surface area contributed by atoms with E-state index in [0.29, 0.717) is 19.2 Å². The summed E-state index contributed by atoms with van der Waals surface area (Å²) in [7, 11) is -3.91. The van der Waals surface area contributed by atoms with Crippen LogP contribution in [0, 0.1) is 11.6 Å². The number of rotatable bonds is 2. The third-order valence-electron chi connectivity index (χ3n) is 2.66. The Hall–Kier alpha value is -0.530. The van der Waals surface area contributed by atoms with Gasteiger partial charge in [0.1, 0.15) is 16.5 Å². The van der Waals surface area contributed by atoms with E-state index < -0.39 is 26.6 Å². The maximum absolute atomic E-state index is 13.6. The average Bonchev–Trinajstić information content (AvgIpc) is 2.77. The van der Waals surface area contributed by atoms with E-state index in [2.05, 4.69) is 15.9 Å². The molecular formula is C10H10BrF2NO2S. The summed E-state index contributed by atoms with van der Waals surface area (Å²) in [6, 6.07) is 1.55. The minimum absolute atomic E-state index is 0.0876. The summed E-state index contributed by atoms with van der Waals surface area (Å²) in [6.07, 6.45) is 1.50. The van der Waals surface area contributed by atoms with Gasteiger partial charge in [-0.3, -0.25) is 0 Å². The van der Waals surface area contributed by atoms with Crippen LogP contribution in [0.15, 0.2) is 21.5 Å². The van der Waals surface area contributed by atoms with Crippen molar-refractivity contribution < 1.29 is 17.2 Å². The van der Waals surface area contributed by atoms with Gasteiger partial charge >= 0.3 is 0 Å². The van der Waals surface area contributed by atoms with Gasteiger partial charge in [-0.25, -0.2) is 17.2 Å². The molecule has 1 fully saturated rings. The van der Waals surface area contributed by atoms with Gasteiger partial charge < -0.3 is 0 Å². The third kappa shape index (κ3) is 2.36. The molecule has 0 N–H and O–H groups in total. The van der Waals surface area contributed by atoms with Crippen LogP contribution in [0.4, 0.5) is 8.78 Å². The first-order chi connectivity index (χ1) is 7.93. The van der Waals surface area contributed by atoms with Crippen molar-refractivity contribution in [3.63, 3.8) is 0 Å². The Labute approximate surface area is 107 Å². The lowest BCUT2D eigenvalue weighted by atomic mass is 10.3. The highest BCUT2D eigenvalue weighted by atomic mass is 79.9. The summed E-state index contributed by atoms with van der Waals surface area (Å²) in [4.78, 5) is -0.597. The van der Waals surface area contributed by atoms with Crippen LogP contribution in [0.1, 0.15) is 12.8 Å². The maximum atomic E-state index is 13.6. The zero-order valence-corrected chi connectivity index (χ0v) is 11.2. The van der Waals surface area contributed by atoms with Gasteiger partial charge in [-0.1, -0.05) is 0 Å². The number of hydrogen-bond acceptors (Lipinski definition) is 2. The predicted molar refractivity (Wildman–Crippen MR) is 62.1 cm³/mol. The normalized spacial score (nSPS) is 17.6. The molecule has 0 atom stereocenters. The van der Waals surface area contributed by atoms with Gasteiger partial charge in [-0.2, -0.15) is 4.31 Å². The van der Waals surface area contributed by atoms with E-state index in [0.717, 1.165) is 18.9 Å². The number of benzene rings is 1. The van der Waals surface area contributed by atoms with Gasteiger partial charge in [0.2, 0.25) is 10.0 Å². The van der Waals surface area contributed by atoms with Crippen molar-refractivity contribution in [2.75, 3.05) is 13.1 Å². The smallest absolute Gasteiger partial charge is 0.207 e. The molecule has 1 aromatic rings. The molecule has 17 heavy (non-hydrogen) atoms. The lowest BCUT2D eigenvalue weighted by Gasteiger charge is -2.16. The van der Waals surface area contributed by atoms with Crippen molar-refractivity contribution in [2.24, 2.45) is 0 Å². The molecule has 0 saturated carbocycles. The van der Waals surface area contributed by atoms with Crippen molar-refractivity contribution in [3.05, 3.63) is 28.2 Å². The van der Waals surface area contributed by atoms with Crippen LogP contribution in [-0.2, 0) is 10.0 Å². The molecule has 2 rings (SSSR count). The predicted octanol–water partition coefficient (Wildman–Crippen LogP) is 2.51. The molecule has 0 aliphatic carbocycles. The minimum Gasteiger partial charge on any atom is -0.207 e. The van der Waals surface area contributed by atoms with Crippen LogP contribution in [0.5, 0.6) is 0 Å². The number of sulfonamides is 1. The molecule has 0 unspecified atom stereocenters. The van der Waals surface area contributed by atoms with Gasteiger partial charge in [-0.15, -0.1) is 0 Å². The SMILES string of the molecule is O=S(=O)(c1cc(F)c(Br)cc1F)N1CCCC1. The van der Waals surface area contributed by atoms with Gasteiger partial charge in [-0.05, 0) is 40.9 Å². The highest BCUT2D eigenvalue weighted by molar-refractivity contribution is 9.10. The largest absolute Gasteiger partial charge is 0.246 e. The van der Waals surface area contributed by atoms with Crippen molar-refractivity contribution >= 4 is 26.0 Å². The molecule has 3 nitrogen and oxygen atoms in total. The van der Waals surface area contributed by atoms with E-state index in [-0.39, 0.29) is 4.47 Å². The molecule has 7 heteroatoms. The maximum Gasteiger partial charge on any atom is 0.246 e. The Morgan fingerprint density at radius 2 is 1.71 bits per heavy atom. The van der Waals surface area contributed by atoms with Gasteiger partial charge in [0.05, 0.1) is 4.47 Å². The molecule has 0 amide bonds. The van der Waals surface area contributed by atoms with E-state index in [1.807, 2.05) is 0 Å². The molecule has 1 saturated heterocycles. The topological polar surface area (TPSA) is 37.4 Å². The van der Waals surface area contributed by atoms with Crippen LogP contribution in [0.2, 0.25) is 0 Å². The summed E-state index contributed by atoms with van der Waals surface area (Å²) in [5, 5.41) is 0. The number of hydrogen-bond donors (Lipinski definition) is 0. The summed E-state index contributed by atoms with van der Waals surface area (Å²) in [5.41, 5.74) is 0. The summed E-state index contributed by atoms with van der Waals surface area (Å²) in [5.74, 6) is -1.73. The van der Waals surface area contributed by atoms with Crippen LogP contribution in [0.3, 0.4) is 0 Å². The van der Waals surface area contributed by atoms with Gasteiger partial charge in [0.25, 0.3) is 0 Å². The lowest BCUT2D eigenvalue weighted by Crippen LogP contribution is -2.28. The molecule has 0 aromatic heterocycles. The Morgan fingerprint density at radius 1 is 1.12 bits per heavy atom. The lowest BCUT2D eigenvalue weighted by molar-refractivity contribution is 0.467. The fourth-order valence-electron chi connectivity index (χ4n) is 1.77. The number of halogens is 3. The molecular weight excluding hydrogens is 316 g/mol. The third-order valence-corrected chi connectivity index (χ3v) is 5.18. The van der Waals surface area contributed by atoms with E-state index in [1.54, 1.807) is 0 Å². The molecule has 94 valence electrons. The summed E-state index contributed by atoms with van der Waals surface area (Å²) >= 11 is 2.81. The van der Waals surface area contributed by atoms with Crippen LogP contribution in [-0.4, -0.2) is 25.8 Å². The van der Waals surface area contributed by atoms with Gasteiger partial charge in [0.15, 0.2) is 0 Å². The molecule has 1 aliphatic heterocycles. The monoisotopic (exact) mass is 325 g/mol. The highest BCUT2D eigenvalue weighted by Crippen LogP contribution is 2.27. The highest BCUT2D eigenvalue weighted by Gasteiger charge is 2.30. The van der Waals surface area contributed by atoms with Crippen molar-refractivity contribution in [2.45, 2.75) is 17.7 Å². The first-order valence-electron chi connectivity index (χ1n) is 5.07. The Morgan fingerprint density at radius 3 is 2.29 bits per heavy atom. The second kappa shape index (κ2) is 4.62. The van der Waals surface area contributed by atoms with Crippen LogP contribution < -0.4 is 0 Å². The summed E-state index contributed by atoms with van der Waals surface area (Å²) < 4.78 is 52.0. The van der Waals surface area contributed by atoms with Crippen molar-refractivity contribution in [1.82, 2.24) is 4.31 Å². The molecule has 1 aliphatic rings.